The minimum atomic E-state index is -0.478. The van der Waals surface area contributed by atoms with Crippen molar-refractivity contribution < 1.29 is 14.5 Å². The van der Waals surface area contributed by atoms with Gasteiger partial charge in [-0.05, 0) is 11.6 Å². The minimum absolute atomic E-state index is 0.478. The van der Waals surface area contributed by atoms with Crippen molar-refractivity contribution >= 4 is 5.69 Å². The van der Waals surface area contributed by atoms with Gasteiger partial charge in [0.15, 0.2) is 0 Å². The van der Waals surface area contributed by atoms with Crippen molar-refractivity contribution in [3.63, 3.8) is 0 Å². The highest BCUT2D eigenvalue weighted by atomic mass is 16.8. The second-order valence-electron chi connectivity index (χ2n) is 4.85. The molecule has 2 rings (SSSR count). The van der Waals surface area contributed by atoms with Crippen LogP contribution in [0.15, 0.2) is 24.3 Å². The predicted molar refractivity (Wildman–Crippen MR) is 83.3 cm³/mol. The summed E-state index contributed by atoms with van der Waals surface area (Å²) in [7, 11) is 0. The summed E-state index contributed by atoms with van der Waals surface area (Å²) in [6.07, 6.45) is 0.0675. The number of anilines is 1. The lowest BCUT2D eigenvalue weighted by atomic mass is 10.1. The number of rotatable bonds is 2. The SMILES string of the molecule is Nc1ccccc1CC1ONCCNCCONCCNO1. The van der Waals surface area contributed by atoms with Gasteiger partial charge in [0.1, 0.15) is 0 Å². The lowest BCUT2D eigenvalue weighted by Crippen LogP contribution is -2.39. The first-order valence-electron chi connectivity index (χ1n) is 7.52. The molecule has 0 saturated carbocycles. The van der Waals surface area contributed by atoms with Crippen molar-refractivity contribution in [1.29, 1.82) is 0 Å². The van der Waals surface area contributed by atoms with E-state index in [1.165, 1.54) is 0 Å². The lowest BCUT2D eigenvalue weighted by Gasteiger charge is -2.20. The normalized spacial score (nSPS) is 22.8. The molecule has 1 aliphatic heterocycles. The lowest BCUT2D eigenvalue weighted by molar-refractivity contribution is -0.209. The summed E-state index contributed by atoms with van der Waals surface area (Å²) >= 11 is 0. The second-order valence-corrected chi connectivity index (χ2v) is 4.85. The van der Waals surface area contributed by atoms with Crippen molar-refractivity contribution in [2.45, 2.75) is 12.7 Å². The van der Waals surface area contributed by atoms with E-state index in [1.54, 1.807) is 0 Å². The van der Waals surface area contributed by atoms with E-state index in [9.17, 15) is 0 Å². The molecule has 0 amide bonds. The summed E-state index contributed by atoms with van der Waals surface area (Å²) in [4.78, 5) is 16.3. The van der Waals surface area contributed by atoms with E-state index >= 15 is 0 Å². The molecule has 1 fully saturated rings. The molecule has 6 N–H and O–H groups in total. The van der Waals surface area contributed by atoms with Crippen molar-refractivity contribution in [2.75, 3.05) is 45.1 Å². The summed E-state index contributed by atoms with van der Waals surface area (Å²) in [6.45, 7) is 4.06. The average Bonchev–Trinajstić information content (AvgIpc) is 2.53. The van der Waals surface area contributed by atoms with Crippen LogP contribution in [0.1, 0.15) is 5.56 Å². The van der Waals surface area contributed by atoms with Gasteiger partial charge in [-0.2, -0.15) is 11.0 Å². The van der Waals surface area contributed by atoms with Crippen LogP contribution in [0.5, 0.6) is 0 Å². The third kappa shape index (κ3) is 6.67. The molecule has 0 aliphatic carbocycles. The van der Waals surface area contributed by atoms with E-state index in [4.69, 9.17) is 20.2 Å². The Balaban J connectivity index is 1.84. The van der Waals surface area contributed by atoms with Crippen LogP contribution in [-0.4, -0.2) is 45.6 Å². The summed E-state index contributed by atoms with van der Waals surface area (Å²) in [6, 6.07) is 7.68. The predicted octanol–water partition coefficient (Wildman–Crippen LogP) is -0.696. The van der Waals surface area contributed by atoms with Gasteiger partial charge in [0.2, 0.25) is 6.29 Å². The Bertz CT molecular complexity index is 407. The second kappa shape index (κ2) is 10.5. The molecule has 22 heavy (non-hydrogen) atoms. The third-order valence-electron chi connectivity index (χ3n) is 3.09. The van der Waals surface area contributed by atoms with Gasteiger partial charge < -0.3 is 15.9 Å². The van der Waals surface area contributed by atoms with Crippen molar-refractivity contribution in [3.05, 3.63) is 29.8 Å². The molecule has 1 heterocycles. The van der Waals surface area contributed by atoms with E-state index in [2.05, 4.69) is 21.8 Å². The first kappa shape index (κ1) is 17.1. The molecule has 1 aliphatic rings. The van der Waals surface area contributed by atoms with Gasteiger partial charge >= 0.3 is 0 Å². The Hall–Kier alpha value is -1.26. The summed E-state index contributed by atoms with van der Waals surface area (Å²) in [5.41, 5.74) is 16.3. The van der Waals surface area contributed by atoms with E-state index in [0.29, 0.717) is 32.7 Å². The highest BCUT2D eigenvalue weighted by Gasteiger charge is 2.13. The minimum Gasteiger partial charge on any atom is -0.399 e. The van der Waals surface area contributed by atoms with Crippen molar-refractivity contribution in [2.24, 2.45) is 0 Å². The summed E-state index contributed by atoms with van der Waals surface area (Å²) < 4.78 is 0. The van der Waals surface area contributed by atoms with E-state index < -0.39 is 6.29 Å². The fourth-order valence-corrected chi connectivity index (χ4v) is 1.94. The highest BCUT2D eigenvalue weighted by Crippen LogP contribution is 2.14. The van der Waals surface area contributed by atoms with Crippen LogP contribution < -0.4 is 27.5 Å². The fourth-order valence-electron chi connectivity index (χ4n) is 1.94. The van der Waals surface area contributed by atoms with E-state index in [0.717, 1.165) is 24.3 Å². The van der Waals surface area contributed by atoms with Crippen LogP contribution in [0, 0.1) is 0 Å². The number of nitrogens with one attached hydrogen (secondary N) is 4. The smallest absolute Gasteiger partial charge is 0.200 e. The van der Waals surface area contributed by atoms with Crippen LogP contribution in [-0.2, 0) is 20.9 Å². The summed E-state index contributed by atoms with van der Waals surface area (Å²) in [5.74, 6) is 0. The zero-order valence-corrected chi connectivity index (χ0v) is 12.6. The van der Waals surface area contributed by atoms with Crippen molar-refractivity contribution in [1.82, 2.24) is 21.8 Å². The largest absolute Gasteiger partial charge is 0.399 e. The average molecular weight is 311 g/mol. The summed E-state index contributed by atoms with van der Waals surface area (Å²) in [5, 5.41) is 3.23. The van der Waals surface area contributed by atoms with Gasteiger partial charge in [0.05, 0.1) is 6.61 Å². The first-order valence-corrected chi connectivity index (χ1v) is 7.52. The molecule has 8 heteroatoms. The molecular formula is C14H25N5O3. The highest BCUT2D eigenvalue weighted by molar-refractivity contribution is 5.46. The molecule has 1 aromatic carbocycles. The number of hydrogen-bond donors (Lipinski definition) is 5. The number of hydrogen-bond acceptors (Lipinski definition) is 8. The zero-order valence-electron chi connectivity index (χ0n) is 12.6. The number of hydroxylamine groups is 3. The van der Waals surface area contributed by atoms with Crippen LogP contribution in [0.2, 0.25) is 0 Å². The number of para-hydroxylation sites is 1. The molecule has 1 unspecified atom stereocenters. The Morgan fingerprint density at radius 1 is 0.955 bits per heavy atom. The molecule has 1 atom stereocenters. The number of nitrogen functional groups attached to an aromatic ring is 1. The van der Waals surface area contributed by atoms with Gasteiger partial charge in [-0.1, -0.05) is 18.2 Å². The van der Waals surface area contributed by atoms with Crippen LogP contribution in [0.3, 0.4) is 0 Å². The Morgan fingerprint density at radius 3 is 2.50 bits per heavy atom. The van der Waals surface area contributed by atoms with Crippen molar-refractivity contribution in [3.8, 4) is 0 Å². The van der Waals surface area contributed by atoms with Crippen LogP contribution in [0.25, 0.3) is 0 Å². The maximum Gasteiger partial charge on any atom is 0.200 e. The molecular weight excluding hydrogens is 286 g/mol. The maximum atomic E-state index is 5.96. The van der Waals surface area contributed by atoms with Gasteiger partial charge in [0.25, 0.3) is 0 Å². The molecule has 0 bridgehead atoms. The quantitative estimate of drug-likeness (QED) is 0.457. The van der Waals surface area contributed by atoms with E-state index in [1.807, 2.05) is 24.3 Å². The van der Waals surface area contributed by atoms with Gasteiger partial charge in [-0.25, -0.2) is 5.48 Å². The Morgan fingerprint density at radius 2 is 1.68 bits per heavy atom. The first-order chi connectivity index (χ1) is 10.9. The zero-order chi connectivity index (χ0) is 15.5. The number of nitrogens with two attached hydrogens (primary N) is 1. The van der Waals surface area contributed by atoms with E-state index in [-0.39, 0.29) is 0 Å². The molecule has 0 radical (unpaired) electrons. The fraction of sp³-hybridized carbons (Fsp3) is 0.571. The van der Waals surface area contributed by atoms with Crippen LogP contribution in [0.4, 0.5) is 5.69 Å². The topological polar surface area (TPSA) is 102 Å². The maximum absolute atomic E-state index is 5.96. The standard InChI is InChI=1S/C14H25N5O3/c15-13-4-2-1-3-12(13)11-14-21-18-6-5-16-9-10-20-17-7-8-19-22-14/h1-4,14,16-19H,5-11,15H2. The Labute approximate surface area is 130 Å². The number of benzene rings is 1. The van der Waals surface area contributed by atoms with Gasteiger partial charge in [-0.3, -0.25) is 9.68 Å². The molecule has 1 saturated heterocycles. The Kier molecular flexibility index (Phi) is 8.13. The molecule has 8 nitrogen and oxygen atoms in total. The third-order valence-corrected chi connectivity index (χ3v) is 3.09. The van der Waals surface area contributed by atoms with Gasteiger partial charge in [0, 0.05) is 44.8 Å². The van der Waals surface area contributed by atoms with Gasteiger partial charge in [-0.15, -0.1) is 0 Å². The van der Waals surface area contributed by atoms with Crippen LogP contribution >= 0.6 is 0 Å². The monoisotopic (exact) mass is 311 g/mol. The molecule has 0 spiro atoms. The molecule has 124 valence electrons. The molecule has 0 aromatic heterocycles. The molecule has 1 aromatic rings.